The summed E-state index contributed by atoms with van der Waals surface area (Å²) in [6.45, 7) is 7.76. The molecule has 122 valence electrons. The summed E-state index contributed by atoms with van der Waals surface area (Å²) in [4.78, 5) is 14.0. The van der Waals surface area contributed by atoms with Crippen molar-refractivity contribution in [2.24, 2.45) is 5.92 Å². The molecule has 1 aromatic heterocycles. The van der Waals surface area contributed by atoms with Crippen LogP contribution in [0, 0.1) is 5.92 Å². The van der Waals surface area contributed by atoms with Gasteiger partial charge in [0.1, 0.15) is 5.76 Å². The molecule has 1 saturated heterocycles. The van der Waals surface area contributed by atoms with Crippen molar-refractivity contribution in [2.75, 3.05) is 26.2 Å². The van der Waals surface area contributed by atoms with Crippen molar-refractivity contribution in [3.8, 4) is 0 Å². The Labute approximate surface area is 132 Å². The molecule has 0 spiro atoms. The topological polar surface area (TPSA) is 57.5 Å². The zero-order valence-electron chi connectivity index (χ0n) is 13.5. The van der Waals surface area contributed by atoms with E-state index >= 15 is 0 Å². The maximum Gasteiger partial charge on any atom is 0.314 e. The fraction of sp³-hybridized carbons (Fsp3) is 0.588. The van der Waals surface area contributed by atoms with Crippen LogP contribution in [0.1, 0.15) is 32.4 Å². The lowest BCUT2D eigenvalue weighted by Crippen LogP contribution is -2.45. The van der Waals surface area contributed by atoms with Crippen molar-refractivity contribution in [3.05, 3.63) is 30.2 Å². The molecule has 5 heteroatoms. The van der Waals surface area contributed by atoms with E-state index in [-0.39, 0.29) is 12.1 Å². The van der Waals surface area contributed by atoms with Crippen LogP contribution >= 0.6 is 0 Å². The van der Waals surface area contributed by atoms with Crippen molar-refractivity contribution in [1.82, 2.24) is 15.5 Å². The van der Waals surface area contributed by atoms with Gasteiger partial charge in [-0.15, -0.1) is 0 Å². The van der Waals surface area contributed by atoms with Crippen LogP contribution in [0.2, 0.25) is 0 Å². The SMILES string of the molecule is CC(C)NC(=O)NC[C@@H]1CCCN(C/C=C/c2ccco2)C1. The second kappa shape index (κ2) is 8.63. The third-order valence-electron chi connectivity index (χ3n) is 3.76. The van der Waals surface area contributed by atoms with Gasteiger partial charge in [-0.1, -0.05) is 6.08 Å². The minimum Gasteiger partial charge on any atom is -0.465 e. The molecule has 1 atom stereocenters. The van der Waals surface area contributed by atoms with Crippen molar-refractivity contribution < 1.29 is 9.21 Å². The summed E-state index contributed by atoms with van der Waals surface area (Å²) in [5, 5.41) is 5.83. The van der Waals surface area contributed by atoms with E-state index in [9.17, 15) is 4.79 Å². The van der Waals surface area contributed by atoms with Crippen molar-refractivity contribution >= 4 is 12.1 Å². The molecule has 1 fully saturated rings. The molecule has 0 radical (unpaired) electrons. The molecule has 1 aliphatic heterocycles. The number of piperidine rings is 1. The van der Waals surface area contributed by atoms with Crippen LogP contribution in [0.4, 0.5) is 4.79 Å². The summed E-state index contributed by atoms with van der Waals surface area (Å²) in [7, 11) is 0. The number of nitrogens with one attached hydrogen (secondary N) is 2. The Morgan fingerprint density at radius 1 is 1.55 bits per heavy atom. The van der Waals surface area contributed by atoms with E-state index < -0.39 is 0 Å². The fourth-order valence-electron chi connectivity index (χ4n) is 2.74. The van der Waals surface area contributed by atoms with Crippen LogP contribution in [0.25, 0.3) is 6.08 Å². The van der Waals surface area contributed by atoms with E-state index in [0.717, 1.165) is 31.9 Å². The van der Waals surface area contributed by atoms with Gasteiger partial charge in [-0.2, -0.15) is 0 Å². The number of carbonyl (C=O) groups excluding carboxylic acids is 1. The standard InChI is InChI=1S/C17H27N3O2/c1-14(2)19-17(21)18-12-15-6-3-9-20(13-15)10-4-7-16-8-5-11-22-16/h4-5,7-8,11,14-15H,3,6,9-10,12-13H2,1-2H3,(H2,18,19,21)/b7-4+/t15-/m0/s1. The smallest absolute Gasteiger partial charge is 0.314 e. The van der Waals surface area contributed by atoms with Crippen molar-refractivity contribution in [2.45, 2.75) is 32.7 Å². The number of carbonyl (C=O) groups is 1. The minimum absolute atomic E-state index is 0.0650. The first-order valence-electron chi connectivity index (χ1n) is 8.10. The highest BCUT2D eigenvalue weighted by molar-refractivity contribution is 5.74. The van der Waals surface area contributed by atoms with Crippen molar-refractivity contribution in [1.29, 1.82) is 0 Å². The largest absolute Gasteiger partial charge is 0.465 e. The highest BCUT2D eigenvalue weighted by Crippen LogP contribution is 2.15. The average molecular weight is 305 g/mol. The van der Waals surface area contributed by atoms with Crippen LogP contribution < -0.4 is 10.6 Å². The zero-order valence-corrected chi connectivity index (χ0v) is 13.5. The van der Waals surface area contributed by atoms with Crippen LogP contribution in [0.15, 0.2) is 28.9 Å². The predicted octanol–water partition coefficient (Wildman–Crippen LogP) is 2.71. The molecule has 22 heavy (non-hydrogen) atoms. The van der Waals surface area contributed by atoms with E-state index in [2.05, 4.69) is 21.6 Å². The Morgan fingerprint density at radius 2 is 2.41 bits per heavy atom. The maximum absolute atomic E-state index is 11.6. The van der Waals surface area contributed by atoms with Gasteiger partial charge in [0.2, 0.25) is 0 Å². The molecule has 0 unspecified atom stereocenters. The van der Waals surface area contributed by atoms with Gasteiger partial charge in [-0.3, -0.25) is 4.90 Å². The van der Waals surface area contributed by atoms with Crippen LogP contribution in [-0.2, 0) is 0 Å². The van der Waals surface area contributed by atoms with Gasteiger partial charge in [-0.05, 0) is 57.4 Å². The summed E-state index contributed by atoms with van der Waals surface area (Å²) in [6, 6.07) is 3.96. The maximum atomic E-state index is 11.6. The van der Waals surface area contributed by atoms with E-state index in [4.69, 9.17) is 4.42 Å². The summed E-state index contributed by atoms with van der Waals surface area (Å²) < 4.78 is 5.28. The Hall–Kier alpha value is -1.75. The van der Waals surface area contributed by atoms with Gasteiger partial charge in [0, 0.05) is 25.7 Å². The Bertz CT molecular complexity index is 468. The molecule has 0 saturated carbocycles. The molecule has 0 aliphatic carbocycles. The lowest BCUT2D eigenvalue weighted by Gasteiger charge is -2.32. The molecule has 2 amide bonds. The summed E-state index contributed by atoms with van der Waals surface area (Å²) in [5.41, 5.74) is 0. The summed E-state index contributed by atoms with van der Waals surface area (Å²) in [6.07, 6.45) is 8.20. The first-order chi connectivity index (χ1) is 10.6. The quantitative estimate of drug-likeness (QED) is 0.849. The molecule has 1 aromatic rings. The number of hydrogen-bond acceptors (Lipinski definition) is 3. The normalized spacial score (nSPS) is 19.7. The zero-order chi connectivity index (χ0) is 15.8. The predicted molar refractivity (Wildman–Crippen MR) is 88.6 cm³/mol. The summed E-state index contributed by atoms with van der Waals surface area (Å²) >= 11 is 0. The van der Waals surface area contributed by atoms with E-state index in [1.165, 1.54) is 12.8 Å². The Balaban J connectivity index is 1.69. The highest BCUT2D eigenvalue weighted by atomic mass is 16.3. The highest BCUT2D eigenvalue weighted by Gasteiger charge is 2.19. The monoisotopic (exact) mass is 305 g/mol. The van der Waals surface area contributed by atoms with Gasteiger partial charge in [0.25, 0.3) is 0 Å². The first kappa shape index (κ1) is 16.6. The molecule has 5 nitrogen and oxygen atoms in total. The number of furan rings is 1. The molecular weight excluding hydrogens is 278 g/mol. The van der Waals surface area contributed by atoms with Crippen LogP contribution in [-0.4, -0.2) is 43.2 Å². The average Bonchev–Trinajstić information content (AvgIpc) is 2.98. The van der Waals surface area contributed by atoms with E-state index in [0.29, 0.717) is 5.92 Å². The van der Waals surface area contributed by atoms with Gasteiger partial charge < -0.3 is 15.1 Å². The molecular formula is C17H27N3O2. The molecule has 2 heterocycles. The van der Waals surface area contributed by atoms with E-state index in [1.807, 2.05) is 32.1 Å². The molecule has 2 rings (SSSR count). The Morgan fingerprint density at radius 3 is 3.14 bits per heavy atom. The number of hydrogen-bond donors (Lipinski definition) is 2. The lowest BCUT2D eigenvalue weighted by atomic mass is 9.98. The van der Waals surface area contributed by atoms with Gasteiger partial charge in [0.15, 0.2) is 0 Å². The molecule has 1 aliphatic rings. The van der Waals surface area contributed by atoms with Gasteiger partial charge in [0.05, 0.1) is 6.26 Å². The fourth-order valence-corrected chi connectivity index (χ4v) is 2.74. The van der Waals surface area contributed by atoms with Crippen LogP contribution in [0.3, 0.4) is 0 Å². The molecule has 2 N–H and O–H groups in total. The van der Waals surface area contributed by atoms with E-state index in [1.54, 1.807) is 6.26 Å². The number of urea groups is 1. The third kappa shape index (κ3) is 5.93. The van der Waals surface area contributed by atoms with Gasteiger partial charge >= 0.3 is 6.03 Å². The summed E-state index contributed by atoms with van der Waals surface area (Å²) in [5.74, 6) is 1.42. The van der Waals surface area contributed by atoms with Gasteiger partial charge in [-0.25, -0.2) is 4.79 Å². The molecule has 0 aromatic carbocycles. The second-order valence-electron chi connectivity index (χ2n) is 6.19. The van der Waals surface area contributed by atoms with Crippen molar-refractivity contribution in [3.63, 3.8) is 0 Å². The minimum atomic E-state index is -0.0650. The molecule has 0 bridgehead atoms. The number of amides is 2. The second-order valence-corrected chi connectivity index (χ2v) is 6.19. The van der Waals surface area contributed by atoms with Crippen LogP contribution in [0.5, 0.6) is 0 Å². The number of rotatable bonds is 6. The third-order valence-corrected chi connectivity index (χ3v) is 3.76. The number of likely N-dealkylation sites (tertiary alicyclic amines) is 1. The lowest BCUT2D eigenvalue weighted by molar-refractivity contribution is 0.186. The first-order valence-corrected chi connectivity index (χ1v) is 8.10. The number of nitrogens with zero attached hydrogens (tertiary/aromatic N) is 1. The Kier molecular flexibility index (Phi) is 6.52.